The molecule has 4 heterocycles. The number of ether oxygens (including phenoxy) is 2. The Bertz CT molecular complexity index is 1480. The standard InChI is InChI=1S/C32H39N7O3/c1-2-41-28-8-6-7-25(21-28)23-39-31-29(22-35-39)30(33-24-34-31)37-15-17-38(18-16-37)32(40)26-9-11-27(12-10-26)42-20-19-36-13-4-3-5-14-36/h6-12,21-22,24H,2-5,13-20,23H2,1H3. The van der Waals surface area contributed by atoms with Gasteiger partial charge in [0.15, 0.2) is 5.65 Å². The zero-order valence-electron chi connectivity index (χ0n) is 24.3. The Balaban J connectivity index is 1.04. The predicted octanol–water partition coefficient (Wildman–Crippen LogP) is 4.10. The number of fused-ring (bicyclic) bond motifs is 1. The molecular formula is C32H39N7O3. The number of piperazine rings is 1. The molecule has 2 aliphatic heterocycles. The van der Waals surface area contributed by atoms with E-state index in [0.29, 0.717) is 51.5 Å². The van der Waals surface area contributed by atoms with Gasteiger partial charge >= 0.3 is 0 Å². The van der Waals surface area contributed by atoms with Gasteiger partial charge in [-0.15, -0.1) is 0 Å². The molecule has 2 saturated heterocycles. The van der Waals surface area contributed by atoms with Crippen LogP contribution in [-0.2, 0) is 6.54 Å². The zero-order valence-corrected chi connectivity index (χ0v) is 24.3. The lowest BCUT2D eigenvalue weighted by molar-refractivity contribution is 0.0746. The highest BCUT2D eigenvalue weighted by Crippen LogP contribution is 2.25. The van der Waals surface area contributed by atoms with Crippen LogP contribution in [0, 0.1) is 0 Å². The van der Waals surface area contributed by atoms with Gasteiger partial charge < -0.3 is 19.3 Å². The van der Waals surface area contributed by atoms with E-state index in [0.717, 1.165) is 40.5 Å². The highest BCUT2D eigenvalue weighted by Gasteiger charge is 2.25. The van der Waals surface area contributed by atoms with E-state index in [2.05, 4.69) is 30.9 Å². The number of benzene rings is 2. The maximum atomic E-state index is 13.2. The van der Waals surface area contributed by atoms with E-state index >= 15 is 0 Å². The number of amides is 1. The number of likely N-dealkylation sites (tertiary alicyclic amines) is 1. The summed E-state index contributed by atoms with van der Waals surface area (Å²) >= 11 is 0. The molecule has 0 spiro atoms. The molecule has 2 aromatic carbocycles. The second kappa shape index (κ2) is 13.2. The summed E-state index contributed by atoms with van der Waals surface area (Å²) in [5.41, 5.74) is 2.57. The highest BCUT2D eigenvalue weighted by molar-refractivity contribution is 5.94. The molecule has 0 radical (unpaired) electrons. The molecule has 6 rings (SSSR count). The third kappa shape index (κ3) is 6.49. The Labute approximate surface area is 246 Å². The summed E-state index contributed by atoms with van der Waals surface area (Å²) in [6, 6.07) is 15.6. The van der Waals surface area contributed by atoms with Crippen molar-refractivity contribution in [2.45, 2.75) is 32.7 Å². The average Bonchev–Trinajstić information content (AvgIpc) is 3.45. The van der Waals surface area contributed by atoms with Gasteiger partial charge in [0.2, 0.25) is 0 Å². The van der Waals surface area contributed by atoms with Crippen LogP contribution < -0.4 is 14.4 Å². The van der Waals surface area contributed by atoms with Gasteiger partial charge in [0.05, 0.1) is 24.7 Å². The summed E-state index contributed by atoms with van der Waals surface area (Å²) in [6.07, 6.45) is 7.34. The van der Waals surface area contributed by atoms with E-state index in [-0.39, 0.29) is 5.91 Å². The number of rotatable bonds is 10. The number of aromatic nitrogens is 4. The normalized spacial score (nSPS) is 16.1. The fraction of sp³-hybridized carbons (Fsp3) is 0.438. The molecule has 0 N–H and O–H groups in total. The maximum Gasteiger partial charge on any atom is 0.253 e. The van der Waals surface area contributed by atoms with Gasteiger partial charge in [0.1, 0.15) is 30.3 Å². The van der Waals surface area contributed by atoms with Crippen molar-refractivity contribution in [2.75, 3.05) is 63.9 Å². The van der Waals surface area contributed by atoms with Gasteiger partial charge in [-0.25, -0.2) is 14.6 Å². The lowest BCUT2D eigenvalue weighted by Crippen LogP contribution is -2.49. The Morgan fingerprint density at radius 1 is 0.881 bits per heavy atom. The molecule has 2 aromatic heterocycles. The Morgan fingerprint density at radius 2 is 1.69 bits per heavy atom. The molecular weight excluding hydrogens is 530 g/mol. The SMILES string of the molecule is CCOc1cccc(Cn2ncc3c(N4CCN(C(=O)c5ccc(OCCN6CCCCC6)cc5)CC4)ncnc32)c1. The van der Waals surface area contributed by atoms with Gasteiger partial charge in [-0.3, -0.25) is 9.69 Å². The summed E-state index contributed by atoms with van der Waals surface area (Å²) < 4.78 is 13.5. The van der Waals surface area contributed by atoms with E-state index in [1.165, 1.54) is 32.4 Å². The van der Waals surface area contributed by atoms with Crippen molar-refractivity contribution in [2.24, 2.45) is 0 Å². The van der Waals surface area contributed by atoms with Crippen molar-refractivity contribution in [3.05, 3.63) is 72.2 Å². The molecule has 220 valence electrons. The third-order valence-electron chi connectivity index (χ3n) is 8.05. The van der Waals surface area contributed by atoms with Gasteiger partial charge in [0.25, 0.3) is 5.91 Å². The fourth-order valence-electron chi connectivity index (χ4n) is 5.79. The number of hydrogen-bond donors (Lipinski definition) is 0. The lowest BCUT2D eigenvalue weighted by atomic mass is 10.1. The van der Waals surface area contributed by atoms with Crippen LogP contribution >= 0.6 is 0 Å². The topological polar surface area (TPSA) is 88.9 Å². The van der Waals surface area contributed by atoms with E-state index in [4.69, 9.17) is 9.47 Å². The molecule has 0 saturated carbocycles. The summed E-state index contributed by atoms with van der Waals surface area (Å²) in [7, 11) is 0. The Hall–Kier alpha value is -4.18. The lowest BCUT2D eigenvalue weighted by Gasteiger charge is -2.35. The largest absolute Gasteiger partial charge is 0.494 e. The van der Waals surface area contributed by atoms with Crippen LogP contribution in [0.4, 0.5) is 5.82 Å². The number of nitrogens with zero attached hydrogens (tertiary/aromatic N) is 7. The van der Waals surface area contributed by atoms with Gasteiger partial charge in [-0.2, -0.15) is 5.10 Å². The Morgan fingerprint density at radius 3 is 2.48 bits per heavy atom. The van der Waals surface area contributed by atoms with Gasteiger partial charge in [-0.05, 0) is 74.8 Å². The van der Waals surface area contributed by atoms with Crippen LogP contribution in [0.25, 0.3) is 11.0 Å². The molecule has 2 aliphatic rings. The van der Waals surface area contributed by atoms with Crippen molar-refractivity contribution in [1.82, 2.24) is 29.5 Å². The molecule has 2 fully saturated rings. The van der Waals surface area contributed by atoms with E-state index in [1.54, 1.807) is 6.33 Å². The van der Waals surface area contributed by atoms with Gasteiger partial charge in [-0.1, -0.05) is 18.6 Å². The number of carbonyl (C=O) groups is 1. The van der Waals surface area contributed by atoms with E-state index < -0.39 is 0 Å². The van der Waals surface area contributed by atoms with Crippen LogP contribution in [0.3, 0.4) is 0 Å². The predicted molar refractivity (Wildman–Crippen MR) is 162 cm³/mol. The molecule has 10 nitrogen and oxygen atoms in total. The fourth-order valence-corrected chi connectivity index (χ4v) is 5.79. The molecule has 42 heavy (non-hydrogen) atoms. The monoisotopic (exact) mass is 569 g/mol. The van der Waals surface area contributed by atoms with Crippen LogP contribution in [-0.4, -0.2) is 94.5 Å². The highest BCUT2D eigenvalue weighted by atomic mass is 16.5. The molecule has 4 aromatic rings. The Kier molecular flexibility index (Phi) is 8.79. The van der Waals surface area contributed by atoms with Crippen LogP contribution in [0.2, 0.25) is 0 Å². The zero-order chi connectivity index (χ0) is 28.7. The molecule has 0 aliphatic carbocycles. The first-order chi connectivity index (χ1) is 20.7. The smallest absolute Gasteiger partial charge is 0.253 e. The molecule has 0 bridgehead atoms. The van der Waals surface area contributed by atoms with Crippen LogP contribution in [0.5, 0.6) is 11.5 Å². The van der Waals surface area contributed by atoms with Crippen molar-refractivity contribution in [3.8, 4) is 11.5 Å². The van der Waals surface area contributed by atoms with Crippen molar-refractivity contribution in [1.29, 1.82) is 0 Å². The average molecular weight is 570 g/mol. The maximum absolute atomic E-state index is 13.2. The minimum Gasteiger partial charge on any atom is -0.494 e. The van der Waals surface area contributed by atoms with Crippen LogP contribution in [0.1, 0.15) is 42.1 Å². The minimum absolute atomic E-state index is 0.0458. The number of anilines is 1. The molecule has 1 amide bonds. The van der Waals surface area contributed by atoms with Crippen LogP contribution in [0.15, 0.2) is 61.1 Å². The van der Waals surface area contributed by atoms with Crippen molar-refractivity contribution < 1.29 is 14.3 Å². The quantitative estimate of drug-likeness (QED) is 0.282. The summed E-state index contributed by atoms with van der Waals surface area (Å²) in [6.45, 7) is 9.78. The summed E-state index contributed by atoms with van der Waals surface area (Å²) in [5.74, 6) is 2.56. The van der Waals surface area contributed by atoms with E-state index in [1.807, 2.05) is 65.2 Å². The second-order valence-corrected chi connectivity index (χ2v) is 10.9. The number of hydrogen-bond acceptors (Lipinski definition) is 8. The number of carbonyl (C=O) groups excluding carboxylic acids is 1. The van der Waals surface area contributed by atoms with Crippen molar-refractivity contribution >= 4 is 22.8 Å². The minimum atomic E-state index is 0.0458. The molecule has 0 unspecified atom stereocenters. The second-order valence-electron chi connectivity index (χ2n) is 10.9. The number of piperidine rings is 1. The first kappa shape index (κ1) is 28.0. The summed E-state index contributed by atoms with van der Waals surface area (Å²) in [4.78, 5) is 29.0. The first-order valence-corrected chi connectivity index (χ1v) is 15.1. The molecule has 10 heteroatoms. The molecule has 0 atom stereocenters. The third-order valence-corrected chi connectivity index (χ3v) is 8.05. The van der Waals surface area contributed by atoms with Crippen molar-refractivity contribution in [3.63, 3.8) is 0 Å². The summed E-state index contributed by atoms with van der Waals surface area (Å²) in [5, 5.41) is 5.53. The first-order valence-electron chi connectivity index (χ1n) is 15.1. The van der Waals surface area contributed by atoms with E-state index in [9.17, 15) is 4.79 Å². The van der Waals surface area contributed by atoms with Gasteiger partial charge in [0, 0.05) is 38.3 Å².